The van der Waals surface area contributed by atoms with E-state index in [1.807, 2.05) is 0 Å². The molecule has 0 spiro atoms. The van der Waals surface area contributed by atoms with Gasteiger partial charge in [0.15, 0.2) is 12.2 Å². The van der Waals surface area contributed by atoms with Gasteiger partial charge in [0.25, 0.3) is 0 Å². The molecule has 4 aromatic carbocycles. The number of carbonyl (C=O) groups excluding carboxylic acids is 7. The SMILES string of the molecule is CC(=O)Oc1ccc([C@H]2Oc3c(c(OC(C)=O)cc4c3[C@@H]3c5c(OC(C)=O)cc(OC(C)=O)cc5O[C@](c5ccc(OC(C)=O)cc5)(O4)[C@H]3OC(C)=O)C[C@H]2OC(C)=O)cc1. The number of fused-ring (bicyclic) bond motifs is 8. The molecule has 3 heterocycles. The Labute approximate surface area is 347 Å². The average molecular weight is 839 g/mol. The quantitative estimate of drug-likeness (QED) is 0.148. The largest absolute Gasteiger partial charge is 0.481 e. The highest BCUT2D eigenvalue weighted by Crippen LogP contribution is 2.63. The molecule has 61 heavy (non-hydrogen) atoms. The standard InChI is InChI=1S/C44H38O17/c1-20(45)52-29-12-8-27(9-13-29)41-37(57-25(6)50)18-32-33(55-23(4)48)19-36-39(42(32)59-41)40-38-34(56-24(5)49)16-31(54-22(3)47)17-35(38)60-44(61-36,43(40)58-26(7)51)28-10-14-30(15-11-28)53-21(2)46/h8-17,19,37,40-41,43H,18H2,1-7H3/t37-,40+,41-,43+,44-/m1/s1. The zero-order valence-electron chi connectivity index (χ0n) is 33.8. The average Bonchev–Trinajstić information content (AvgIpc) is 3.14. The van der Waals surface area contributed by atoms with Gasteiger partial charge in [-0.15, -0.1) is 0 Å². The highest BCUT2D eigenvalue weighted by Gasteiger charge is 2.62. The summed E-state index contributed by atoms with van der Waals surface area (Å²) in [5, 5.41) is 0. The number of hydrogen-bond donors (Lipinski definition) is 0. The van der Waals surface area contributed by atoms with Crippen LogP contribution in [0.15, 0.2) is 66.7 Å². The van der Waals surface area contributed by atoms with Crippen molar-refractivity contribution in [3.8, 4) is 46.0 Å². The van der Waals surface area contributed by atoms with E-state index < -0.39 is 71.8 Å². The number of benzene rings is 4. The Morgan fingerprint density at radius 2 is 1.05 bits per heavy atom. The van der Waals surface area contributed by atoms with Crippen LogP contribution in [0.1, 0.15) is 88.3 Å². The third-order valence-electron chi connectivity index (χ3n) is 9.60. The summed E-state index contributed by atoms with van der Waals surface area (Å²) in [6.07, 6.45) is -3.60. The molecule has 0 unspecified atom stereocenters. The second-order valence-electron chi connectivity index (χ2n) is 14.3. The molecule has 4 aromatic rings. The molecule has 0 saturated carbocycles. The third-order valence-corrected chi connectivity index (χ3v) is 9.60. The molecule has 0 radical (unpaired) electrons. The Hall–Kier alpha value is -7.43. The van der Waals surface area contributed by atoms with Crippen molar-refractivity contribution < 1.29 is 80.9 Å². The van der Waals surface area contributed by atoms with Gasteiger partial charge in [0.1, 0.15) is 52.1 Å². The van der Waals surface area contributed by atoms with E-state index in [1.54, 1.807) is 12.1 Å². The minimum absolute atomic E-state index is 0.00541. The Kier molecular flexibility index (Phi) is 11.2. The van der Waals surface area contributed by atoms with Crippen LogP contribution in [-0.4, -0.2) is 54.0 Å². The number of hydrogen-bond acceptors (Lipinski definition) is 17. The van der Waals surface area contributed by atoms with E-state index in [9.17, 15) is 33.6 Å². The summed E-state index contributed by atoms with van der Waals surface area (Å²) in [6.45, 7) is 8.42. The molecule has 0 aliphatic carbocycles. The fourth-order valence-corrected chi connectivity index (χ4v) is 7.72. The van der Waals surface area contributed by atoms with Crippen molar-refractivity contribution in [1.82, 2.24) is 0 Å². The summed E-state index contributed by atoms with van der Waals surface area (Å²) >= 11 is 0. The molecule has 17 heteroatoms. The maximum atomic E-state index is 13.2. The lowest BCUT2D eigenvalue weighted by Gasteiger charge is -2.51. The molecular weight excluding hydrogens is 800 g/mol. The molecule has 316 valence electrons. The molecule has 3 aliphatic rings. The maximum Gasteiger partial charge on any atom is 0.316 e. The zero-order chi connectivity index (χ0) is 43.9. The molecular formula is C44H38O17. The van der Waals surface area contributed by atoms with Gasteiger partial charge < -0.3 is 47.4 Å². The summed E-state index contributed by atoms with van der Waals surface area (Å²) in [5.41, 5.74) is 1.33. The first-order chi connectivity index (χ1) is 28.9. The number of esters is 7. The first-order valence-electron chi connectivity index (χ1n) is 18.8. The van der Waals surface area contributed by atoms with Gasteiger partial charge in [-0.25, -0.2) is 0 Å². The van der Waals surface area contributed by atoms with Crippen LogP contribution in [-0.2, 0) is 55.2 Å². The van der Waals surface area contributed by atoms with E-state index in [1.165, 1.54) is 96.1 Å². The summed E-state index contributed by atoms with van der Waals surface area (Å²) in [5.74, 6) is -7.79. The molecule has 2 bridgehead atoms. The normalized spacial score (nSPS) is 20.2. The minimum Gasteiger partial charge on any atom is -0.481 e. The van der Waals surface area contributed by atoms with E-state index in [0.29, 0.717) is 5.56 Å². The van der Waals surface area contributed by atoms with Gasteiger partial charge in [-0.1, -0.05) is 12.1 Å². The van der Waals surface area contributed by atoms with Gasteiger partial charge in [0, 0.05) is 95.3 Å². The van der Waals surface area contributed by atoms with Gasteiger partial charge in [-0.05, 0) is 42.0 Å². The molecule has 0 N–H and O–H groups in total. The van der Waals surface area contributed by atoms with E-state index in [-0.39, 0.29) is 74.7 Å². The highest BCUT2D eigenvalue weighted by atomic mass is 16.7. The van der Waals surface area contributed by atoms with Gasteiger partial charge in [0.05, 0.1) is 5.92 Å². The third kappa shape index (κ3) is 8.39. The minimum atomic E-state index is -2.10. The van der Waals surface area contributed by atoms with Gasteiger partial charge in [-0.3, -0.25) is 33.6 Å². The lowest BCUT2D eigenvalue weighted by atomic mass is 9.74. The maximum absolute atomic E-state index is 13.2. The van der Waals surface area contributed by atoms with Crippen LogP contribution in [0, 0.1) is 0 Å². The second kappa shape index (κ2) is 16.3. The number of carbonyl (C=O) groups is 7. The van der Waals surface area contributed by atoms with Gasteiger partial charge >= 0.3 is 47.6 Å². The van der Waals surface area contributed by atoms with Crippen molar-refractivity contribution >= 4 is 41.8 Å². The molecule has 3 aliphatic heterocycles. The zero-order valence-corrected chi connectivity index (χ0v) is 33.8. The summed E-state index contributed by atoms with van der Waals surface area (Å²) in [4.78, 5) is 86.9. The molecule has 17 nitrogen and oxygen atoms in total. The van der Waals surface area contributed by atoms with Crippen molar-refractivity contribution in [3.05, 3.63) is 94.5 Å². The van der Waals surface area contributed by atoms with Crippen molar-refractivity contribution in [2.24, 2.45) is 0 Å². The molecule has 0 aromatic heterocycles. The first-order valence-corrected chi connectivity index (χ1v) is 18.8. The topological polar surface area (TPSA) is 212 Å². The van der Waals surface area contributed by atoms with Crippen LogP contribution in [0.2, 0.25) is 0 Å². The number of rotatable bonds is 9. The predicted octanol–water partition coefficient (Wildman–Crippen LogP) is 5.62. The molecule has 0 amide bonds. The Bertz CT molecular complexity index is 2490. The number of ether oxygens (including phenoxy) is 10. The van der Waals surface area contributed by atoms with E-state index in [4.69, 9.17) is 47.4 Å². The smallest absolute Gasteiger partial charge is 0.316 e. The Morgan fingerprint density at radius 3 is 1.59 bits per heavy atom. The van der Waals surface area contributed by atoms with Crippen LogP contribution in [0.25, 0.3) is 0 Å². The first kappa shape index (κ1) is 41.7. The molecule has 5 atom stereocenters. The van der Waals surface area contributed by atoms with Crippen LogP contribution >= 0.6 is 0 Å². The summed E-state index contributed by atoms with van der Waals surface area (Å²) < 4.78 is 59.8. The Balaban J connectivity index is 1.54. The molecule has 0 fully saturated rings. The second-order valence-corrected chi connectivity index (χ2v) is 14.3. The molecule has 0 saturated heterocycles. The van der Waals surface area contributed by atoms with Crippen molar-refractivity contribution in [2.45, 2.75) is 84.9 Å². The molecule has 7 rings (SSSR count). The fraction of sp³-hybridized carbons (Fsp3) is 0.295. The van der Waals surface area contributed by atoms with E-state index in [0.717, 1.165) is 6.92 Å². The highest BCUT2D eigenvalue weighted by molar-refractivity contribution is 5.77. The summed E-state index contributed by atoms with van der Waals surface area (Å²) in [7, 11) is 0. The van der Waals surface area contributed by atoms with Gasteiger partial charge in [0.2, 0.25) is 0 Å². The van der Waals surface area contributed by atoms with E-state index >= 15 is 0 Å². The van der Waals surface area contributed by atoms with Crippen LogP contribution in [0.3, 0.4) is 0 Å². The van der Waals surface area contributed by atoms with Crippen molar-refractivity contribution in [1.29, 1.82) is 0 Å². The van der Waals surface area contributed by atoms with E-state index in [2.05, 4.69) is 0 Å². The summed E-state index contributed by atoms with van der Waals surface area (Å²) in [6, 6.07) is 16.4. The van der Waals surface area contributed by atoms with Crippen molar-refractivity contribution in [2.75, 3.05) is 0 Å². The van der Waals surface area contributed by atoms with Crippen molar-refractivity contribution in [3.63, 3.8) is 0 Å². The van der Waals surface area contributed by atoms with Gasteiger partial charge in [-0.2, -0.15) is 0 Å². The van der Waals surface area contributed by atoms with Crippen LogP contribution in [0.4, 0.5) is 0 Å². The predicted molar refractivity (Wildman–Crippen MR) is 205 cm³/mol. The Morgan fingerprint density at radius 1 is 0.541 bits per heavy atom. The monoisotopic (exact) mass is 838 g/mol. The van der Waals surface area contributed by atoms with Crippen LogP contribution < -0.4 is 37.9 Å². The fourth-order valence-electron chi connectivity index (χ4n) is 7.72. The van der Waals surface area contributed by atoms with Crippen LogP contribution in [0.5, 0.6) is 46.0 Å². The lowest BCUT2D eigenvalue weighted by Crippen LogP contribution is -2.59. The lowest BCUT2D eigenvalue weighted by molar-refractivity contribution is -0.232.